The van der Waals surface area contributed by atoms with Gasteiger partial charge in [-0.2, -0.15) is 94.1 Å². The van der Waals surface area contributed by atoms with Crippen molar-refractivity contribution >= 4 is 94.1 Å². The topological polar surface area (TPSA) is 707 Å². The van der Waals surface area contributed by atoms with Crippen LogP contribution in [0, 0.1) is 0 Å². The van der Waals surface area contributed by atoms with Crippen LogP contribution in [0.1, 0.15) is 0 Å². The van der Waals surface area contributed by atoms with Gasteiger partial charge in [0.15, 0.2) is 50.3 Å². The van der Waals surface area contributed by atoms with Crippen LogP contribution >= 0.6 is 94.1 Å². The van der Waals surface area contributed by atoms with Gasteiger partial charge < -0.3 is 236 Å². The number of thioether (sulfide) groups is 8. The van der Waals surface area contributed by atoms with Gasteiger partial charge >= 0.3 is 0 Å². The van der Waals surface area contributed by atoms with Gasteiger partial charge in [-0.25, -0.2) is 0 Å². The molecule has 800 valence electrons. The molecule has 0 spiro atoms. The zero-order valence-electron chi connectivity index (χ0n) is 75.2. The van der Waals surface area contributed by atoms with E-state index < -0.39 is 246 Å². The summed E-state index contributed by atoms with van der Waals surface area (Å²) in [6, 6.07) is 0. The van der Waals surface area contributed by atoms with E-state index >= 15 is 0 Å². The number of rotatable bonds is 56. The van der Waals surface area contributed by atoms with Gasteiger partial charge in [0.05, 0.1) is 207 Å². The first kappa shape index (κ1) is 120. The Morgan fingerprint density at radius 2 is 0.243 bits per heavy atom. The van der Waals surface area contributed by atoms with Gasteiger partial charge in [0.25, 0.3) is 0 Å². The predicted molar refractivity (Wildman–Crippen MR) is 486 cm³/mol. The van der Waals surface area contributed by atoms with Gasteiger partial charge in [0.1, 0.15) is 146 Å². The molecule has 30 aliphatic heterocycles. The highest BCUT2D eigenvalue weighted by Gasteiger charge is 2.61. The zero-order valence-corrected chi connectivity index (χ0v) is 81.7. The smallest absolute Gasteiger partial charge is 0.187 e. The number of aliphatic hydroxyl groups excluding tert-OH is 24. The van der Waals surface area contributed by atoms with Crippen molar-refractivity contribution in [1.29, 1.82) is 0 Å². The summed E-state index contributed by atoms with van der Waals surface area (Å²) < 4.78 is 148. The van der Waals surface area contributed by atoms with Crippen LogP contribution in [-0.2, 0) is 114 Å². The minimum atomic E-state index is -2.17. The van der Waals surface area contributed by atoms with Crippen LogP contribution in [0.5, 0.6) is 0 Å². The van der Waals surface area contributed by atoms with Gasteiger partial charge in [0, 0.05) is 92.0 Å². The quantitative estimate of drug-likeness (QED) is 0.0251. The number of hydrogen-bond acceptors (Lipinski definition) is 56. The monoisotopic (exact) mass is 2130 g/mol. The third-order valence-electron chi connectivity index (χ3n) is 22.6. The van der Waals surface area contributed by atoms with Crippen LogP contribution < -0.4 is 0 Å². The largest absolute Gasteiger partial charge is 0.394 e. The van der Waals surface area contributed by atoms with E-state index in [0.717, 1.165) is 0 Å². The summed E-state index contributed by atoms with van der Waals surface area (Å²) in [4.78, 5) is 0. The molecule has 0 aromatic heterocycles. The Balaban J connectivity index is 1.12. The van der Waals surface area contributed by atoms with E-state index in [1.54, 1.807) is 0 Å². The summed E-state index contributed by atoms with van der Waals surface area (Å²) in [7, 11) is 0. The first-order chi connectivity index (χ1) is 65.9. The third-order valence-corrected chi connectivity index (χ3v) is 30.7. The van der Waals surface area contributed by atoms with Crippen LogP contribution in [0.2, 0.25) is 0 Å². The van der Waals surface area contributed by atoms with Gasteiger partial charge in [-0.3, -0.25) is 0 Å². The van der Waals surface area contributed by atoms with Crippen LogP contribution in [0.15, 0.2) is 0 Å². The number of hydrogen-bond donors (Lipinski definition) is 24. The molecule has 0 aliphatic carbocycles. The summed E-state index contributed by atoms with van der Waals surface area (Å²) in [5, 5.41) is 275. The van der Waals surface area contributed by atoms with Crippen molar-refractivity contribution in [2.24, 2.45) is 0 Å². The summed E-state index contributed by atoms with van der Waals surface area (Å²) in [5.74, 6) is 0.544. The molecule has 0 aromatic rings. The lowest BCUT2D eigenvalue weighted by Gasteiger charge is -2.51. The van der Waals surface area contributed by atoms with Crippen molar-refractivity contribution in [2.45, 2.75) is 246 Å². The van der Waals surface area contributed by atoms with Crippen molar-refractivity contribution in [3.8, 4) is 0 Å². The molecule has 56 heteroatoms. The molecule has 40 atom stereocenters. The summed E-state index contributed by atoms with van der Waals surface area (Å²) in [5.41, 5.74) is 0. The molecule has 30 aliphatic rings. The van der Waals surface area contributed by atoms with Crippen LogP contribution in [-0.4, -0.2) is 619 Å². The Kier molecular flexibility index (Phi) is 58.8. The Labute approximate surface area is 821 Å². The van der Waals surface area contributed by atoms with Crippen LogP contribution in [0.25, 0.3) is 0 Å². The lowest BCUT2D eigenvalue weighted by atomic mass is 9.95. The predicted octanol–water partition coefficient (Wildman–Crippen LogP) is -11.4. The van der Waals surface area contributed by atoms with E-state index in [9.17, 15) is 123 Å². The molecule has 136 heavy (non-hydrogen) atoms. The standard InChI is InChI=1S/C80H144O48S8/c81-1-9-105-17-25-129-33-41-65-49(89)57(97)73(113-41)122-66-42(34-130-26-18-106-10-2-82)115-75(59(99)51(66)91)124-68-44(36-132-28-20-108-12-4-84)117-77(61(101)53(68)93)126-70-46(38-134-30-22-110-14-6-86)119-79(63(103)55(70)95)128-72-48(40-136-32-24-112-16-8-88)120-80(64(104)56(72)96)127-71-47(39-135-31-23-111-15-7-87)118-78(62(102)54(71)94)125-69-45(37-133-29-21-109-13-5-85)116-76(60(100)52(69)92)123-67-43(35-131-27-19-107-11-3-83)114-74(121-65)58(98)50(67)90/h41-104H,1-40H2/t41-,42-,43-,44-,45-,46-,47-,48-,49-,50-,51-,52-,53-,54-,55-,56-,57-,58-,59-,60-,61-,62-,63-,64-,65-,66-,67-,68-,69-,70-,71-,72-,73-,74-,75-,76-,77-,78-,79-,80-/m1/s1. The van der Waals surface area contributed by atoms with Crippen molar-refractivity contribution < 1.29 is 236 Å². The van der Waals surface area contributed by atoms with E-state index in [1.165, 1.54) is 94.1 Å². The number of ether oxygens (including phenoxy) is 24. The molecule has 24 N–H and O–H groups in total. The maximum absolute atomic E-state index is 12.5. The minimum absolute atomic E-state index is 0.0234. The van der Waals surface area contributed by atoms with Crippen molar-refractivity contribution in [1.82, 2.24) is 0 Å². The lowest BCUT2D eigenvalue weighted by Crippen LogP contribution is -2.69. The van der Waals surface area contributed by atoms with Crippen molar-refractivity contribution in [3.05, 3.63) is 0 Å². The fraction of sp³-hybridized carbons (Fsp3) is 1.00. The third kappa shape index (κ3) is 36.6. The Morgan fingerprint density at radius 1 is 0.140 bits per heavy atom. The molecule has 48 nitrogen and oxygen atoms in total. The molecule has 0 unspecified atom stereocenters. The van der Waals surface area contributed by atoms with Gasteiger partial charge in [-0.15, -0.1) is 0 Å². The Hall–Kier alpha value is 0.880. The van der Waals surface area contributed by atoms with Crippen LogP contribution in [0.3, 0.4) is 0 Å². The van der Waals surface area contributed by atoms with Gasteiger partial charge in [-0.1, -0.05) is 0 Å². The van der Waals surface area contributed by atoms with E-state index in [0.29, 0.717) is 0 Å². The highest BCUT2D eigenvalue weighted by molar-refractivity contribution is 8.00. The highest BCUT2D eigenvalue weighted by Crippen LogP contribution is 2.43. The van der Waals surface area contributed by atoms with Gasteiger partial charge in [0.2, 0.25) is 0 Å². The molecule has 0 radical (unpaired) electrons. The second-order valence-corrected chi connectivity index (χ2v) is 41.5. The van der Waals surface area contributed by atoms with Crippen molar-refractivity contribution in [2.75, 3.05) is 251 Å². The zero-order chi connectivity index (χ0) is 98.0. The Morgan fingerprint density at radius 3 is 0.338 bits per heavy atom. The maximum atomic E-state index is 12.5. The molecule has 16 bridgehead atoms. The normalized spacial score (nSPS) is 40.1. The fourth-order valence-corrected chi connectivity index (χ4v) is 22.9. The van der Waals surface area contributed by atoms with E-state index in [1.807, 2.05) is 0 Å². The molecule has 30 heterocycles. The Bertz CT molecular complexity index is 2500. The average Bonchev–Trinajstić information content (AvgIpc) is 0.766. The van der Waals surface area contributed by atoms with E-state index in [4.69, 9.17) is 114 Å². The number of aliphatic hydroxyl groups is 24. The molecule has 0 aromatic carbocycles. The molecular weight excluding hydrogens is 1990 g/mol. The minimum Gasteiger partial charge on any atom is -0.394 e. The SMILES string of the molecule is OCCOCCSC[C@H]1O[C@@H]2O[C@H]3[C@H](O)[C@@H](O)[C@@H](O[C@H]4[C@H](O)[C@@H](O)[C@@H](O[C@H]5[C@H](O)[C@@H](O)[C@@H](O[C@H]6[C@H](O)[C@@H](O)[C@@H](O[C@H]7[C@H](O)[C@@H](O)[C@@H](O[C@H]8[C@H](O)[C@@H](O)[C@@H](O[C@H]9[C@H](O)[C@@H](O)[C@@H](O[C@H]1[C@H](O)[C@H]2O)O[C@@H]9CSCCOCCO)O[C@@H]8CSCCOCCO)O[C@@H]7CSCCOCCO)O[C@@H]6CSCCOCCO)O[C@@H]5CSCCOCCO)O[C@@H]4CSCCOCCO)O[C@@H]3CSCCOCCO. The van der Waals surface area contributed by atoms with E-state index in [-0.39, 0.29) is 251 Å². The second kappa shape index (κ2) is 66.4. The molecule has 0 saturated carbocycles. The van der Waals surface area contributed by atoms with E-state index in [2.05, 4.69) is 0 Å². The molecule has 30 rings (SSSR count). The van der Waals surface area contributed by atoms with Gasteiger partial charge in [-0.05, 0) is 0 Å². The fourth-order valence-electron chi connectivity index (χ4n) is 15.7. The molecule has 0 amide bonds. The van der Waals surface area contributed by atoms with Crippen molar-refractivity contribution in [3.63, 3.8) is 0 Å². The van der Waals surface area contributed by atoms with Crippen LogP contribution in [0.4, 0.5) is 0 Å². The maximum Gasteiger partial charge on any atom is 0.187 e. The summed E-state index contributed by atoms with van der Waals surface area (Å²) in [6.45, 7) is -1.96. The highest BCUT2D eigenvalue weighted by atomic mass is 32.2. The lowest BCUT2D eigenvalue weighted by molar-refractivity contribution is -0.396. The first-order valence-corrected chi connectivity index (χ1v) is 54.6. The molecular formula is C80H144O48S8. The summed E-state index contributed by atoms with van der Waals surface area (Å²) >= 11 is 9.35. The molecule has 30 saturated heterocycles. The first-order valence-electron chi connectivity index (χ1n) is 45.4. The average molecular weight is 2130 g/mol. The molecule has 30 fully saturated rings. The summed E-state index contributed by atoms with van der Waals surface area (Å²) in [6.07, 6.45) is -75.0. The second-order valence-electron chi connectivity index (χ2n) is 32.3.